The van der Waals surface area contributed by atoms with E-state index in [-0.39, 0.29) is 18.1 Å². The Bertz CT molecular complexity index is 181. The molecular formula is C10H20N2O2. The molecule has 0 fully saturated rings. The van der Waals surface area contributed by atoms with Gasteiger partial charge in [0.1, 0.15) is 0 Å². The van der Waals surface area contributed by atoms with E-state index in [4.69, 9.17) is 5.11 Å². The quantitative estimate of drug-likeness (QED) is 0.557. The van der Waals surface area contributed by atoms with Crippen LogP contribution in [0.3, 0.4) is 0 Å². The highest BCUT2D eigenvalue weighted by Crippen LogP contribution is 2.03. The van der Waals surface area contributed by atoms with Gasteiger partial charge in [-0.3, -0.25) is 0 Å². The number of aliphatic hydroxyl groups excluding tert-OH is 1. The molecule has 0 aromatic heterocycles. The van der Waals surface area contributed by atoms with Crippen LogP contribution in [0.5, 0.6) is 0 Å². The summed E-state index contributed by atoms with van der Waals surface area (Å²) in [6, 6.07) is -0.192. The third kappa shape index (κ3) is 7.61. The van der Waals surface area contributed by atoms with Crippen LogP contribution in [0.15, 0.2) is 12.7 Å². The molecule has 4 nitrogen and oxygen atoms in total. The molecule has 0 aliphatic carbocycles. The molecule has 0 spiro atoms. The number of rotatable bonds is 6. The summed E-state index contributed by atoms with van der Waals surface area (Å²) in [6.07, 6.45) is 2.00. The minimum Gasteiger partial charge on any atom is -0.393 e. The summed E-state index contributed by atoms with van der Waals surface area (Å²) in [7, 11) is 0. The van der Waals surface area contributed by atoms with E-state index < -0.39 is 0 Å². The van der Waals surface area contributed by atoms with E-state index in [1.807, 2.05) is 6.92 Å². The number of aliphatic hydroxyl groups is 1. The van der Waals surface area contributed by atoms with Gasteiger partial charge in [-0.05, 0) is 19.3 Å². The molecule has 4 heteroatoms. The average molecular weight is 200 g/mol. The molecule has 2 atom stereocenters. The second-order valence-electron chi connectivity index (χ2n) is 3.57. The largest absolute Gasteiger partial charge is 0.393 e. The SMILES string of the molecule is C=CCNC(=O)NCC(C)CC(C)O. The first-order valence-electron chi connectivity index (χ1n) is 4.87. The highest BCUT2D eigenvalue weighted by Gasteiger charge is 2.07. The predicted molar refractivity (Wildman–Crippen MR) is 57.1 cm³/mol. The van der Waals surface area contributed by atoms with E-state index in [0.29, 0.717) is 19.5 Å². The number of hydrogen-bond donors (Lipinski definition) is 3. The van der Waals surface area contributed by atoms with Crippen LogP contribution in [0.25, 0.3) is 0 Å². The summed E-state index contributed by atoms with van der Waals surface area (Å²) in [5.41, 5.74) is 0. The van der Waals surface area contributed by atoms with Gasteiger partial charge >= 0.3 is 6.03 Å². The normalized spacial score (nSPS) is 14.2. The monoisotopic (exact) mass is 200 g/mol. The Labute approximate surface area is 85.4 Å². The molecule has 0 radical (unpaired) electrons. The van der Waals surface area contributed by atoms with Crippen molar-refractivity contribution in [3.05, 3.63) is 12.7 Å². The van der Waals surface area contributed by atoms with Gasteiger partial charge in [0.05, 0.1) is 6.10 Å². The van der Waals surface area contributed by atoms with Crippen LogP contribution in [-0.2, 0) is 0 Å². The van der Waals surface area contributed by atoms with Crippen molar-refractivity contribution in [3.8, 4) is 0 Å². The Morgan fingerprint density at radius 2 is 2.14 bits per heavy atom. The van der Waals surface area contributed by atoms with Crippen molar-refractivity contribution >= 4 is 6.03 Å². The number of urea groups is 1. The maximum absolute atomic E-state index is 11.1. The lowest BCUT2D eigenvalue weighted by molar-refractivity contribution is 0.163. The van der Waals surface area contributed by atoms with Crippen molar-refractivity contribution in [2.45, 2.75) is 26.4 Å². The molecule has 0 rings (SSSR count). The molecule has 0 aliphatic heterocycles. The van der Waals surface area contributed by atoms with Crippen LogP contribution in [0, 0.1) is 5.92 Å². The van der Waals surface area contributed by atoms with Crippen LogP contribution in [0.1, 0.15) is 20.3 Å². The van der Waals surface area contributed by atoms with Gasteiger partial charge in [-0.25, -0.2) is 4.79 Å². The van der Waals surface area contributed by atoms with Gasteiger partial charge in [0, 0.05) is 13.1 Å². The first-order chi connectivity index (χ1) is 6.56. The average Bonchev–Trinajstić information content (AvgIpc) is 2.10. The molecule has 0 heterocycles. The van der Waals surface area contributed by atoms with Crippen molar-refractivity contribution in [1.82, 2.24) is 10.6 Å². The molecule has 3 N–H and O–H groups in total. The van der Waals surface area contributed by atoms with Gasteiger partial charge in [-0.1, -0.05) is 13.0 Å². The highest BCUT2D eigenvalue weighted by atomic mass is 16.3. The Morgan fingerprint density at radius 1 is 1.50 bits per heavy atom. The highest BCUT2D eigenvalue weighted by molar-refractivity contribution is 5.73. The molecule has 0 aliphatic rings. The number of carbonyl (C=O) groups excluding carboxylic acids is 1. The zero-order valence-corrected chi connectivity index (χ0v) is 8.92. The van der Waals surface area contributed by atoms with Crippen LogP contribution in [0.4, 0.5) is 4.79 Å². The Morgan fingerprint density at radius 3 is 2.64 bits per heavy atom. The smallest absolute Gasteiger partial charge is 0.315 e. The number of amides is 2. The standard InChI is InChI=1S/C10H20N2O2/c1-4-5-11-10(14)12-7-8(2)6-9(3)13/h4,8-9,13H,1,5-7H2,2-3H3,(H2,11,12,14). The lowest BCUT2D eigenvalue weighted by Crippen LogP contribution is -2.38. The predicted octanol–water partition coefficient (Wildman–Crippen LogP) is 0.879. The summed E-state index contributed by atoms with van der Waals surface area (Å²) in [4.78, 5) is 11.1. The van der Waals surface area contributed by atoms with E-state index in [1.54, 1.807) is 13.0 Å². The van der Waals surface area contributed by atoms with Gasteiger partial charge in [0.25, 0.3) is 0 Å². The van der Waals surface area contributed by atoms with Gasteiger partial charge < -0.3 is 15.7 Å². The fourth-order valence-corrected chi connectivity index (χ4v) is 1.16. The van der Waals surface area contributed by atoms with Crippen LogP contribution >= 0.6 is 0 Å². The zero-order valence-electron chi connectivity index (χ0n) is 8.92. The second kappa shape index (κ2) is 7.38. The van der Waals surface area contributed by atoms with Gasteiger partial charge in [0.15, 0.2) is 0 Å². The first kappa shape index (κ1) is 13.0. The fraction of sp³-hybridized carbons (Fsp3) is 0.700. The van der Waals surface area contributed by atoms with Crippen molar-refractivity contribution in [2.75, 3.05) is 13.1 Å². The molecule has 0 aromatic rings. The zero-order chi connectivity index (χ0) is 11.0. The Hall–Kier alpha value is -1.03. The van der Waals surface area contributed by atoms with E-state index in [1.165, 1.54) is 0 Å². The van der Waals surface area contributed by atoms with Crippen molar-refractivity contribution < 1.29 is 9.90 Å². The maximum Gasteiger partial charge on any atom is 0.315 e. The van der Waals surface area contributed by atoms with E-state index >= 15 is 0 Å². The lowest BCUT2D eigenvalue weighted by Gasteiger charge is -2.14. The van der Waals surface area contributed by atoms with Crippen LogP contribution in [-0.4, -0.2) is 30.3 Å². The van der Waals surface area contributed by atoms with Crippen molar-refractivity contribution in [3.63, 3.8) is 0 Å². The Balaban J connectivity index is 3.50. The van der Waals surface area contributed by atoms with Gasteiger partial charge in [-0.15, -0.1) is 6.58 Å². The third-order valence-electron chi connectivity index (χ3n) is 1.76. The van der Waals surface area contributed by atoms with E-state index in [0.717, 1.165) is 0 Å². The molecule has 0 aromatic carbocycles. The molecule has 2 amide bonds. The third-order valence-corrected chi connectivity index (χ3v) is 1.76. The van der Waals surface area contributed by atoms with E-state index in [9.17, 15) is 4.79 Å². The van der Waals surface area contributed by atoms with Crippen molar-refractivity contribution in [1.29, 1.82) is 0 Å². The summed E-state index contributed by atoms with van der Waals surface area (Å²) < 4.78 is 0. The molecule has 14 heavy (non-hydrogen) atoms. The molecule has 0 bridgehead atoms. The Kier molecular flexibility index (Phi) is 6.84. The molecular weight excluding hydrogens is 180 g/mol. The molecule has 2 unspecified atom stereocenters. The van der Waals surface area contributed by atoms with Crippen molar-refractivity contribution in [2.24, 2.45) is 5.92 Å². The summed E-state index contributed by atoms with van der Waals surface area (Å²) >= 11 is 0. The molecule has 0 saturated carbocycles. The minimum atomic E-state index is -0.317. The number of nitrogens with one attached hydrogen (secondary N) is 2. The van der Waals surface area contributed by atoms with E-state index in [2.05, 4.69) is 17.2 Å². The first-order valence-corrected chi connectivity index (χ1v) is 4.87. The number of hydrogen-bond acceptors (Lipinski definition) is 2. The summed E-state index contributed by atoms with van der Waals surface area (Å²) in [5.74, 6) is 0.282. The molecule has 0 saturated heterocycles. The van der Waals surface area contributed by atoms with Crippen LogP contribution in [0.2, 0.25) is 0 Å². The van der Waals surface area contributed by atoms with Gasteiger partial charge in [-0.2, -0.15) is 0 Å². The fourth-order valence-electron chi connectivity index (χ4n) is 1.16. The lowest BCUT2D eigenvalue weighted by atomic mass is 10.1. The summed E-state index contributed by atoms with van der Waals surface area (Å²) in [5, 5.41) is 14.4. The summed E-state index contributed by atoms with van der Waals surface area (Å²) in [6.45, 7) is 8.27. The minimum absolute atomic E-state index is 0.192. The topological polar surface area (TPSA) is 61.4 Å². The molecule has 82 valence electrons. The van der Waals surface area contributed by atoms with Crippen LogP contribution < -0.4 is 10.6 Å². The number of carbonyl (C=O) groups is 1. The maximum atomic E-state index is 11.1. The van der Waals surface area contributed by atoms with Gasteiger partial charge in [0.2, 0.25) is 0 Å². The second-order valence-corrected chi connectivity index (χ2v) is 3.57.